The molecule has 0 saturated heterocycles. The summed E-state index contributed by atoms with van der Waals surface area (Å²) in [5, 5.41) is 9.35. The molecule has 0 saturated carbocycles. The van der Waals surface area contributed by atoms with Crippen LogP contribution in [0.3, 0.4) is 0 Å². The smallest absolute Gasteiger partial charge is 0.254 e. The van der Waals surface area contributed by atoms with Crippen LogP contribution in [-0.2, 0) is 0 Å². The van der Waals surface area contributed by atoms with Gasteiger partial charge in [0.05, 0.1) is 11.8 Å². The second kappa shape index (κ2) is 6.42. The zero-order valence-corrected chi connectivity index (χ0v) is 11.0. The van der Waals surface area contributed by atoms with Crippen molar-refractivity contribution in [1.82, 2.24) is 15.5 Å². The van der Waals surface area contributed by atoms with Gasteiger partial charge in [-0.1, -0.05) is 40.0 Å². The fourth-order valence-corrected chi connectivity index (χ4v) is 1.74. The van der Waals surface area contributed by atoms with Crippen molar-refractivity contribution in [3.8, 4) is 0 Å². The minimum Gasteiger partial charge on any atom is -0.351 e. The summed E-state index contributed by atoms with van der Waals surface area (Å²) in [6.45, 7) is 7.30. The number of carbonyl (C=O) groups is 1. The standard InChI is InChI=1S/C13H23N3O/c1-4-5-6-7-13(2,3)10-14-12(17)11-8-15-16-9-11/h8-9H,4-7,10H2,1-3H3,(H,14,17)(H,15,16). The molecule has 0 atom stereocenters. The number of hydrogen-bond acceptors (Lipinski definition) is 2. The first-order valence-electron chi connectivity index (χ1n) is 6.32. The molecule has 0 unspecified atom stereocenters. The van der Waals surface area contributed by atoms with E-state index in [4.69, 9.17) is 0 Å². The lowest BCUT2D eigenvalue weighted by molar-refractivity contribution is 0.0934. The van der Waals surface area contributed by atoms with Gasteiger partial charge < -0.3 is 5.32 Å². The molecule has 0 aliphatic heterocycles. The number of carbonyl (C=O) groups excluding carboxylic acids is 1. The van der Waals surface area contributed by atoms with Gasteiger partial charge in [-0.05, 0) is 11.8 Å². The van der Waals surface area contributed by atoms with Crippen molar-refractivity contribution in [2.24, 2.45) is 5.41 Å². The van der Waals surface area contributed by atoms with E-state index in [1.807, 2.05) is 0 Å². The zero-order valence-electron chi connectivity index (χ0n) is 11.0. The molecule has 0 radical (unpaired) electrons. The Morgan fingerprint density at radius 2 is 2.24 bits per heavy atom. The molecule has 0 aliphatic rings. The van der Waals surface area contributed by atoms with Gasteiger partial charge in [0, 0.05) is 12.7 Å². The molecule has 1 amide bonds. The van der Waals surface area contributed by atoms with E-state index in [1.54, 1.807) is 12.4 Å². The molecule has 0 aliphatic carbocycles. The summed E-state index contributed by atoms with van der Waals surface area (Å²) in [5.74, 6) is -0.0534. The monoisotopic (exact) mass is 237 g/mol. The van der Waals surface area contributed by atoms with Crippen LogP contribution >= 0.6 is 0 Å². The summed E-state index contributed by atoms with van der Waals surface area (Å²) >= 11 is 0. The molecule has 0 bridgehead atoms. The van der Waals surface area contributed by atoms with Crippen molar-refractivity contribution in [2.45, 2.75) is 46.5 Å². The van der Waals surface area contributed by atoms with E-state index in [9.17, 15) is 4.79 Å². The van der Waals surface area contributed by atoms with Crippen LogP contribution in [0.4, 0.5) is 0 Å². The van der Waals surface area contributed by atoms with E-state index in [0.29, 0.717) is 12.1 Å². The van der Waals surface area contributed by atoms with Gasteiger partial charge in [-0.3, -0.25) is 9.89 Å². The summed E-state index contributed by atoms with van der Waals surface area (Å²) < 4.78 is 0. The Labute approximate surface area is 103 Å². The number of nitrogens with zero attached hydrogens (tertiary/aromatic N) is 1. The molecule has 4 nitrogen and oxygen atoms in total. The van der Waals surface area contributed by atoms with Crippen LogP contribution in [0.15, 0.2) is 12.4 Å². The number of unbranched alkanes of at least 4 members (excludes halogenated alkanes) is 2. The van der Waals surface area contributed by atoms with E-state index in [2.05, 4.69) is 36.3 Å². The Morgan fingerprint density at radius 3 is 2.82 bits per heavy atom. The third-order valence-electron chi connectivity index (χ3n) is 2.95. The summed E-state index contributed by atoms with van der Waals surface area (Å²) in [6.07, 6.45) is 8.02. The Kier molecular flexibility index (Phi) is 5.19. The molecule has 1 aromatic rings. The fraction of sp³-hybridized carbons (Fsp3) is 0.692. The summed E-state index contributed by atoms with van der Waals surface area (Å²) in [4.78, 5) is 11.7. The van der Waals surface area contributed by atoms with Crippen LogP contribution in [0.25, 0.3) is 0 Å². The number of aromatic nitrogens is 2. The first-order chi connectivity index (χ1) is 8.05. The average Bonchev–Trinajstić information content (AvgIpc) is 2.80. The first kappa shape index (κ1) is 13.7. The lowest BCUT2D eigenvalue weighted by Gasteiger charge is -2.24. The predicted molar refractivity (Wildman–Crippen MR) is 68.8 cm³/mol. The average molecular weight is 237 g/mol. The number of hydrogen-bond donors (Lipinski definition) is 2. The molecule has 2 N–H and O–H groups in total. The van der Waals surface area contributed by atoms with E-state index in [1.165, 1.54) is 19.3 Å². The Hall–Kier alpha value is -1.32. The van der Waals surface area contributed by atoms with Crippen LogP contribution in [0, 0.1) is 5.41 Å². The highest BCUT2D eigenvalue weighted by Gasteiger charge is 2.18. The molecule has 1 heterocycles. The SMILES string of the molecule is CCCCCC(C)(C)CNC(=O)c1cn[nH]c1. The van der Waals surface area contributed by atoms with Gasteiger partial charge in [0.15, 0.2) is 0 Å². The molecule has 0 aromatic carbocycles. The van der Waals surface area contributed by atoms with E-state index < -0.39 is 0 Å². The van der Waals surface area contributed by atoms with Crippen molar-refractivity contribution in [3.63, 3.8) is 0 Å². The highest BCUT2D eigenvalue weighted by molar-refractivity contribution is 5.93. The molecule has 1 aromatic heterocycles. The maximum atomic E-state index is 11.7. The number of H-pyrrole nitrogens is 1. The highest BCUT2D eigenvalue weighted by atomic mass is 16.1. The topological polar surface area (TPSA) is 57.8 Å². The number of nitrogens with one attached hydrogen (secondary N) is 2. The molecular formula is C13H23N3O. The molecule has 96 valence electrons. The van der Waals surface area contributed by atoms with Crippen molar-refractivity contribution in [2.75, 3.05) is 6.54 Å². The van der Waals surface area contributed by atoms with E-state index in [0.717, 1.165) is 6.42 Å². The Morgan fingerprint density at radius 1 is 1.47 bits per heavy atom. The lowest BCUT2D eigenvalue weighted by atomic mass is 9.87. The zero-order chi connectivity index (χ0) is 12.7. The fourth-order valence-electron chi connectivity index (χ4n) is 1.74. The Balaban J connectivity index is 2.31. The second-order valence-corrected chi connectivity index (χ2v) is 5.29. The molecule has 0 fully saturated rings. The second-order valence-electron chi connectivity index (χ2n) is 5.29. The van der Waals surface area contributed by atoms with Gasteiger partial charge in [0.2, 0.25) is 0 Å². The van der Waals surface area contributed by atoms with Gasteiger partial charge in [0.1, 0.15) is 0 Å². The summed E-state index contributed by atoms with van der Waals surface area (Å²) in [6, 6.07) is 0. The minimum atomic E-state index is -0.0534. The van der Waals surface area contributed by atoms with Crippen LogP contribution in [0.1, 0.15) is 56.8 Å². The molecule has 17 heavy (non-hydrogen) atoms. The minimum absolute atomic E-state index is 0.0534. The van der Waals surface area contributed by atoms with E-state index in [-0.39, 0.29) is 11.3 Å². The van der Waals surface area contributed by atoms with Gasteiger partial charge in [-0.15, -0.1) is 0 Å². The van der Waals surface area contributed by atoms with Gasteiger partial charge in [-0.2, -0.15) is 5.10 Å². The largest absolute Gasteiger partial charge is 0.351 e. The third-order valence-corrected chi connectivity index (χ3v) is 2.95. The maximum Gasteiger partial charge on any atom is 0.254 e. The molecule has 0 spiro atoms. The van der Waals surface area contributed by atoms with Crippen molar-refractivity contribution in [3.05, 3.63) is 18.0 Å². The number of aromatic amines is 1. The van der Waals surface area contributed by atoms with Gasteiger partial charge >= 0.3 is 0 Å². The third kappa shape index (κ3) is 5.02. The predicted octanol–water partition coefficient (Wildman–Crippen LogP) is 2.75. The van der Waals surface area contributed by atoms with Crippen molar-refractivity contribution < 1.29 is 4.79 Å². The van der Waals surface area contributed by atoms with E-state index >= 15 is 0 Å². The van der Waals surface area contributed by atoms with Crippen molar-refractivity contribution in [1.29, 1.82) is 0 Å². The van der Waals surface area contributed by atoms with Crippen LogP contribution in [-0.4, -0.2) is 22.6 Å². The van der Waals surface area contributed by atoms with Crippen LogP contribution in [0.5, 0.6) is 0 Å². The maximum absolute atomic E-state index is 11.7. The van der Waals surface area contributed by atoms with Gasteiger partial charge in [-0.25, -0.2) is 0 Å². The number of rotatable bonds is 7. The van der Waals surface area contributed by atoms with Crippen molar-refractivity contribution >= 4 is 5.91 Å². The number of amides is 1. The van der Waals surface area contributed by atoms with Gasteiger partial charge in [0.25, 0.3) is 5.91 Å². The normalized spacial score (nSPS) is 11.5. The molecule has 1 rings (SSSR count). The summed E-state index contributed by atoms with van der Waals surface area (Å²) in [7, 11) is 0. The van der Waals surface area contributed by atoms with Crippen LogP contribution in [0.2, 0.25) is 0 Å². The Bertz CT molecular complexity index is 330. The lowest BCUT2D eigenvalue weighted by Crippen LogP contribution is -2.33. The quantitative estimate of drug-likeness (QED) is 0.716. The molecule has 4 heteroatoms. The van der Waals surface area contributed by atoms with Crippen LogP contribution < -0.4 is 5.32 Å². The summed E-state index contributed by atoms with van der Waals surface area (Å²) in [5.41, 5.74) is 0.753. The molecular weight excluding hydrogens is 214 g/mol. The highest BCUT2D eigenvalue weighted by Crippen LogP contribution is 2.22. The first-order valence-corrected chi connectivity index (χ1v) is 6.32.